The van der Waals surface area contributed by atoms with Crippen molar-refractivity contribution in [2.75, 3.05) is 27.9 Å². The van der Waals surface area contributed by atoms with Gasteiger partial charge in [0, 0.05) is 16.1 Å². The third kappa shape index (κ3) is 6.05. The number of ether oxygens (including phenoxy) is 3. The summed E-state index contributed by atoms with van der Waals surface area (Å²) in [7, 11) is 4.36. The van der Waals surface area contributed by atoms with Gasteiger partial charge < -0.3 is 23.9 Å². The first-order chi connectivity index (χ1) is 15.9. The number of hydrogen-bond acceptors (Lipinski definition) is 7. The number of benzene rings is 2. The van der Waals surface area contributed by atoms with Gasteiger partial charge in [-0.25, -0.2) is 5.43 Å². The molecule has 0 aliphatic heterocycles. The van der Waals surface area contributed by atoms with Gasteiger partial charge >= 0.3 is 0 Å². The first-order valence-electron chi connectivity index (χ1n) is 9.71. The van der Waals surface area contributed by atoms with Gasteiger partial charge in [-0.05, 0) is 48.5 Å². The molecule has 3 aromatic rings. The lowest BCUT2D eigenvalue weighted by Crippen LogP contribution is -2.34. The molecule has 0 spiro atoms. The molecular formula is C23H22ClN3O6. The van der Waals surface area contributed by atoms with Crippen molar-refractivity contribution in [1.82, 2.24) is 10.7 Å². The summed E-state index contributed by atoms with van der Waals surface area (Å²) in [6.45, 7) is -0.291. The van der Waals surface area contributed by atoms with Crippen LogP contribution in [0.25, 0.3) is 11.3 Å². The average Bonchev–Trinajstić information content (AvgIpc) is 3.30. The lowest BCUT2D eigenvalue weighted by Gasteiger charge is -2.14. The van der Waals surface area contributed by atoms with E-state index in [1.807, 2.05) is 12.1 Å². The minimum absolute atomic E-state index is 0.242. The van der Waals surface area contributed by atoms with Crippen LogP contribution >= 0.6 is 11.6 Å². The van der Waals surface area contributed by atoms with E-state index in [1.165, 1.54) is 39.7 Å². The van der Waals surface area contributed by atoms with Crippen LogP contribution in [0, 0.1) is 0 Å². The summed E-state index contributed by atoms with van der Waals surface area (Å²) in [5.41, 5.74) is 3.43. The third-order valence-corrected chi connectivity index (χ3v) is 4.72. The third-order valence-electron chi connectivity index (χ3n) is 4.47. The van der Waals surface area contributed by atoms with E-state index in [4.69, 9.17) is 30.2 Å². The fourth-order valence-corrected chi connectivity index (χ4v) is 3.00. The van der Waals surface area contributed by atoms with E-state index < -0.39 is 11.8 Å². The molecule has 0 saturated heterocycles. The Kier molecular flexibility index (Phi) is 7.93. The van der Waals surface area contributed by atoms with Crippen LogP contribution in [0.5, 0.6) is 17.2 Å². The van der Waals surface area contributed by atoms with E-state index in [1.54, 1.807) is 24.3 Å². The van der Waals surface area contributed by atoms with Crippen LogP contribution < -0.4 is 25.0 Å². The normalized spacial score (nSPS) is 10.7. The molecule has 3 rings (SSSR count). The molecule has 0 fully saturated rings. The summed E-state index contributed by atoms with van der Waals surface area (Å²) in [5, 5.41) is 6.98. The topological polar surface area (TPSA) is 111 Å². The van der Waals surface area contributed by atoms with Gasteiger partial charge in [0.25, 0.3) is 11.8 Å². The van der Waals surface area contributed by atoms with Crippen molar-refractivity contribution in [1.29, 1.82) is 0 Å². The molecule has 10 heteroatoms. The highest BCUT2D eigenvalue weighted by atomic mass is 35.5. The van der Waals surface area contributed by atoms with Crippen LogP contribution in [0.1, 0.15) is 16.1 Å². The van der Waals surface area contributed by atoms with E-state index >= 15 is 0 Å². The summed E-state index contributed by atoms with van der Waals surface area (Å²) < 4.78 is 21.3. The standard InChI is InChI=1S/C23H22ClN3O6/c1-30-19-10-15(11-20(31-2)22(19)32-3)23(29)25-13-21(28)27-26-12-17-8-9-18(33-17)14-4-6-16(24)7-5-14/h4-12H,13H2,1-3H3,(H,25,29)(H,27,28)/b26-12-. The molecule has 0 unspecified atom stereocenters. The van der Waals surface area contributed by atoms with Crippen molar-refractivity contribution in [3.63, 3.8) is 0 Å². The second-order valence-corrected chi connectivity index (χ2v) is 7.04. The number of furan rings is 1. The Labute approximate surface area is 195 Å². The highest BCUT2D eigenvalue weighted by Gasteiger charge is 2.17. The fourth-order valence-electron chi connectivity index (χ4n) is 2.87. The number of hydrazone groups is 1. The van der Waals surface area contributed by atoms with E-state index in [0.29, 0.717) is 33.8 Å². The number of carbonyl (C=O) groups excluding carboxylic acids is 2. The molecule has 1 aromatic heterocycles. The average molecular weight is 472 g/mol. The zero-order valence-electron chi connectivity index (χ0n) is 18.2. The van der Waals surface area contributed by atoms with Gasteiger partial charge in [0.05, 0.1) is 34.1 Å². The van der Waals surface area contributed by atoms with E-state index in [0.717, 1.165) is 5.56 Å². The maximum atomic E-state index is 12.4. The zero-order valence-corrected chi connectivity index (χ0v) is 18.9. The van der Waals surface area contributed by atoms with E-state index in [9.17, 15) is 9.59 Å². The molecular weight excluding hydrogens is 450 g/mol. The molecule has 0 atom stereocenters. The molecule has 0 radical (unpaired) electrons. The minimum atomic E-state index is -0.517. The van der Waals surface area contributed by atoms with Crippen LogP contribution in [-0.4, -0.2) is 45.9 Å². The number of amides is 2. The molecule has 0 aliphatic rings. The van der Waals surface area contributed by atoms with Gasteiger partial charge in [-0.1, -0.05) is 11.6 Å². The Bertz CT molecular complexity index is 1130. The molecule has 2 N–H and O–H groups in total. The summed E-state index contributed by atoms with van der Waals surface area (Å²) in [5.74, 6) is 1.09. The molecule has 1 heterocycles. The van der Waals surface area contributed by atoms with Crippen molar-refractivity contribution in [2.45, 2.75) is 0 Å². The molecule has 0 aliphatic carbocycles. The smallest absolute Gasteiger partial charge is 0.259 e. The van der Waals surface area contributed by atoms with Gasteiger partial charge in [-0.2, -0.15) is 5.10 Å². The largest absolute Gasteiger partial charge is 0.493 e. The fraction of sp³-hybridized carbons (Fsp3) is 0.174. The number of rotatable bonds is 9. The minimum Gasteiger partial charge on any atom is -0.493 e. The summed E-state index contributed by atoms with van der Waals surface area (Å²) >= 11 is 5.89. The van der Waals surface area contributed by atoms with Crippen molar-refractivity contribution in [3.05, 3.63) is 64.9 Å². The number of carbonyl (C=O) groups is 2. The van der Waals surface area contributed by atoms with Crippen molar-refractivity contribution < 1.29 is 28.2 Å². The monoisotopic (exact) mass is 471 g/mol. The lowest BCUT2D eigenvalue weighted by molar-refractivity contribution is -0.120. The van der Waals surface area contributed by atoms with Gasteiger partial charge in [0.2, 0.25) is 5.75 Å². The number of halogens is 1. The summed E-state index contributed by atoms with van der Waals surface area (Å²) in [6, 6.07) is 13.7. The molecule has 9 nitrogen and oxygen atoms in total. The van der Waals surface area contributed by atoms with Crippen molar-refractivity contribution >= 4 is 29.6 Å². The molecule has 2 aromatic carbocycles. The predicted molar refractivity (Wildman–Crippen MR) is 123 cm³/mol. The second kappa shape index (κ2) is 11.1. The Morgan fingerprint density at radius 2 is 1.67 bits per heavy atom. The SMILES string of the molecule is COc1cc(C(=O)NCC(=O)N/N=C\c2ccc(-c3ccc(Cl)cc3)o2)cc(OC)c1OC. The zero-order chi connectivity index (χ0) is 23.8. The maximum absolute atomic E-state index is 12.4. The summed E-state index contributed by atoms with van der Waals surface area (Å²) in [4.78, 5) is 24.5. The first-order valence-corrected chi connectivity index (χ1v) is 10.1. The molecule has 172 valence electrons. The first kappa shape index (κ1) is 23.7. The van der Waals surface area contributed by atoms with Gasteiger partial charge in [-0.3, -0.25) is 9.59 Å². The lowest BCUT2D eigenvalue weighted by atomic mass is 10.1. The molecule has 0 saturated carbocycles. The van der Waals surface area contributed by atoms with E-state index in [2.05, 4.69) is 15.8 Å². The number of nitrogens with zero attached hydrogens (tertiary/aromatic N) is 1. The number of hydrogen-bond donors (Lipinski definition) is 2. The van der Waals surface area contributed by atoms with Crippen LogP contribution in [0.3, 0.4) is 0 Å². The van der Waals surface area contributed by atoms with Crippen LogP contribution in [0.2, 0.25) is 5.02 Å². The quantitative estimate of drug-likeness (QED) is 0.365. The Morgan fingerprint density at radius 3 is 2.27 bits per heavy atom. The van der Waals surface area contributed by atoms with Gasteiger partial charge in [0.15, 0.2) is 11.5 Å². The van der Waals surface area contributed by atoms with Gasteiger partial charge in [-0.15, -0.1) is 0 Å². The molecule has 33 heavy (non-hydrogen) atoms. The molecule has 2 amide bonds. The maximum Gasteiger partial charge on any atom is 0.259 e. The number of methoxy groups -OCH3 is 3. The van der Waals surface area contributed by atoms with Gasteiger partial charge in [0.1, 0.15) is 11.5 Å². The highest BCUT2D eigenvalue weighted by molar-refractivity contribution is 6.30. The second-order valence-electron chi connectivity index (χ2n) is 6.60. The highest BCUT2D eigenvalue weighted by Crippen LogP contribution is 2.38. The van der Waals surface area contributed by atoms with Crippen molar-refractivity contribution in [3.8, 4) is 28.6 Å². The Balaban J connectivity index is 1.54. The van der Waals surface area contributed by atoms with Crippen LogP contribution in [-0.2, 0) is 4.79 Å². The molecule has 0 bridgehead atoms. The predicted octanol–water partition coefficient (Wildman–Crippen LogP) is 3.51. The van der Waals surface area contributed by atoms with Crippen molar-refractivity contribution in [2.24, 2.45) is 5.10 Å². The summed E-state index contributed by atoms with van der Waals surface area (Å²) in [6.07, 6.45) is 1.36. The van der Waals surface area contributed by atoms with Crippen LogP contribution in [0.15, 0.2) is 58.0 Å². The Morgan fingerprint density at radius 1 is 1.00 bits per heavy atom. The Hall–Kier alpha value is -3.98. The number of nitrogens with one attached hydrogen (secondary N) is 2. The van der Waals surface area contributed by atoms with Crippen LogP contribution in [0.4, 0.5) is 0 Å². The van der Waals surface area contributed by atoms with E-state index in [-0.39, 0.29) is 12.1 Å².